The third kappa shape index (κ3) is 6.28. The summed E-state index contributed by atoms with van der Waals surface area (Å²) in [6.07, 6.45) is 4.35. The minimum atomic E-state index is -0.977. The van der Waals surface area contributed by atoms with Gasteiger partial charge in [-0.25, -0.2) is 0 Å². The molecule has 37 heavy (non-hydrogen) atoms. The van der Waals surface area contributed by atoms with Crippen LogP contribution in [0.4, 0.5) is 10.7 Å². The normalized spacial score (nSPS) is 17.4. The number of rotatable bonds is 8. The predicted molar refractivity (Wildman–Crippen MR) is 146 cm³/mol. The number of nitrogens with one attached hydrogen (secondary N) is 2. The van der Waals surface area contributed by atoms with Crippen molar-refractivity contribution in [2.45, 2.75) is 29.9 Å². The summed E-state index contributed by atoms with van der Waals surface area (Å²) in [5.74, 6) is -2.93. The monoisotopic (exact) mass is 531 g/mol. The lowest BCUT2D eigenvalue weighted by Crippen LogP contribution is -2.34. The van der Waals surface area contributed by atoms with Gasteiger partial charge < -0.3 is 15.7 Å². The minimum absolute atomic E-state index is 0.240. The second-order valence-electron chi connectivity index (χ2n) is 8.59. The fourth-order valence-corrected chi connectivity index (χ4v) is 5.97. The first-order valence-corrected chi connectivity index (χ1v) is 13.5. The molecule has 1 aromatic heterocycles. The number of hydrogen-bond acceptors (Lipinski definition) is 6. The molecule has 9 heteroatoms. The average molecular weight is 532 g/mol. The lowest BCUT2D eigenvalue weighted by Gasteiger charge is -2.24. The van der Waals surface area contributed by atoms with E-state index >= 15 is 0 Å². The van der Waals surface area contributed by atoms with Crippen molar-refractivity contribution in [3.05, 3.63) is 77.7 Å². The highest BCUT2D eigenvalue weighted by Crippen LogP contribution is 2.36. The van der Waals surface area contributed by atoms with Crippen LogP contribution in [0.15, 0.2) is 77.0 Å². The van der Waals surface area contributed by atoms with Crippen molar-refractivity contribution in [3.63, 3.8) is 0 Å². The van der Waals surface area contributed by atoms with Gasteiger partial charge in [0.1, 0.15) is 11.1 Å². The number of allylic oxidation sites excluding steroid dienone is 2. The number of carbonyl (C=O) groups excluding carboxylic acids is 2. The molecule has 0 aliphatic heterocycles. The van der Waals surface area contributed by atoms with E-state index in [1.54, 1.807) is 31.2 Å². The van der Waals surface area contributed by atoms with Crippen molar-refractivity contribution < 1.29 is 19.5 Å². The molecule has 4 rings (SSSR count). The van der Waals surface area contributed by atoms with Crippen LogP contribution in [-0.4, -0.2) is 28.1 Å². The number of aliphatic carboxylic acids is 1. The quantitative estimate of drug-likeness (QED) is 0.242. The molecule has 1 aliphatic carbocycles. The van der Waals surface area contributed by atoms with Crippen LogP contribution >= 0.6 is 23.1 Å². The zero-order valence-electron chi connectivity index (χ0n) is 20.0. The molecule has 3 N–H and O–H groups in total. The number of anilines is 2. The Bertz CT molecular complexity index is 1380. The number of nitriles is 1. The van der Waals surface area contributed by atoms with Gasteiger partial charge in [0, 0.05) is 21.5 Å². The molecule has 188 valence electrons. The van der Waals surface area contributed by atoms with Gasteiger partial charge in [-0.3, -0.25) is 14.4 Å². The SMILES string of the molecule is CC(Sc1cccc(NC(=O)C2CC=CCC2C(=O)O)c1)C(=O)Nc1scc(-c2ccccc2)c1C#N. The molecular formula is C28H25N3O4S2. The molecule has 2 amide bonds. The predicted octanol–water partition coefficient (Wildman–Crippen LogP) is 6.01. The van der Waals surface area contributed by atoms with Crippen molar-refractivity contribution in [1.29, 1.82) is 5.26 Å². The maximum Gasteiger partial charge on any atom is 0.307 e. The number of hydrogen-bond donors (Lipinski definition) is 3. The molecule has 1 aliphatic rings. The zero-order valence-corrected chi connectivity index (χ0v) is 21.6. The number of thiophene rings is 1. The van der Waals surface area contributed by atoms with E-state index in [2.05, 4.69) is 16.7 Å². The molecule has 0 spiro atoms. The summed E-state index contributed by atoms with van der Waals surface area (Å²) in [4.78, 5) is 38.0. The van der Waals surface area contributed by atoms with Crippen molar-refractivity contribution in [1.82, 2.24) is 0 Å². The molecule has 0 saturated carbocycles. The number of nitrogens with zero attached hydrogens (tertiary/aromatic N) is 1. The number of thioether (sulfide) groups is 1. The van der Waals surface area contributed by atoms with Crippen LogP contribution in [0.5, 0.6) is 0 Å². The largest absolute Gasteiger partial charge is 0.481 e. The third-order valence-electron chi connectivity index (χ3n) is 6.09. The van der Waals surface area contributed by atoms with E-state index in [4.69, 9.17) is 0 Å². The van der Waals surface area contributed by atoms with E-state index in [1.807, 2.05) is 47.9 Å². The summed E-state index contributed by atoms with van der Waals surface area (Å²) in [6, 6.07) is 18.9. The summed E-state index contributed by atoms with van der Waals surface area (Å²) in [6.45, 7) is 1.77. The fraction of sp³-hybridized carbons (Fsp3) is 0.214. The molecule has 2 aromatic carbocycles. The van der Waals surface area contributed by atoms with E-state index < -0.39 is 23.1 Å². The highest BCUT2D eigenvalue weighted by atomic mass is 32.2. The van der Waals surface area contributed by atoms with Crippen LogP contribution < -0.4 is 10.6 Å². The smallest absolute Gasteiger partial charge is 0.307 e. The van der Waals surface area contributed by atoms with E-state index in [-0.39, 0.29) is 11.8 Å². The standard InChI is InChI=1S/C28H25N3O4S2/c1-17(25(32)31-27-23(15-29)24(16-36-27)18-8-3-2-4-9-18)37-20-11-7-10-19(14-20)30-26(33)21-12-5-6-13-22(21)28(34)35/h2-11,14,16-17,21-22H,12-13H2,1H3,(H,30,33)(H,31,32)(H,34,35). The van der Waals surface area contributed by atoms with Crippen molar-refractivity contribution in [3.8, 4) is 17.2 Å². The molecule has 0 saturated heterocycles. The maximum atomic E-state index is 12.9. The molecule has 0 bridgehead atoms. The van der Waals surface area contributed by atoms with Crippen LogP contribution in [0.25, 0.3) is 11.1 Å². The highest BCUT2D eigenvalue weighted by Gasteiger charge is 2.34. The number of amides is 2. The van der Waals surface area contributed by atoms with Crippen LogP contribution in [0.1, 0.15) is 25.3 Å². The summed E-state index contributed by atoms with van der Waals surface area (Å²) in [5, 5.41) is 26.8. The molecule has 3 unspecified atom stereocenters. The lowest BCUT2D eigenvalue weighted by atomic mass is 9.82. The Labute approximate surface area is 223 Å². The van der Waals surface area contributed by atoms with Gasteiger partial charge >= 0.3 is 5.97 Å². The maximum absolute atomic E-state index is 12.9. The Hall–Kier alpha value is -3.87. The third-order valence-corrected chi connectivity index (χ3v) is 8.08. The topological polar surface area (TPSA) is 119 Å². The molecule has 1 heterocycles. The van der Waals surface area contributed by atoms with Crippen LogP contribution in [0.3, 0.4) is 0 Å². The van der Waals surface area contributed by atoms with Crippen molar-refractivity contribution >= 4 is 51.6 Å². The lowest BCUT2D eigenvalue weighted by molar-refractivity contribution is -0.146. The van der Waals surface area contributed by atoms with Crippen LogP contribution in [0, 0.1) is 23.2 Å². The Morgan fingerprint density at radius 3 is 2.49 bits per heavy atom. The van der Waals surface area contributed by atoms with Gasteiger partial charge in [-0.2, -0.15) is 5.26 Å². The second kappa shape index (κ2) is 11.9. The zero-order chi connectivity index (χ0) is 26.4. The first-order chi connectivity index (χ1) is 17.9. The summed E-state index contributed by atoms with van der Waals surface area (Å²) >= 11 is 2.64. The van der Waals surface area contributed by atoms with Crippen LogP contribution in [-0.2, 0) is 14.4 Å². The summed E-state index contributed by atoms with van der Waals surface area (Å²) in [7, 11) is 0. The number of carbonyl (C=O) groups is 3. The molecule has 3 aromatic rings. The fourth-order valence-electron chi connectivity index (χ4n) is 4.12. The first kappa shape index (κ1) is 26.2. The number of carboxylic acids is 1. The Kier molecular flexibility index (Phi) is 8.43. The van der Waals surface area contributed by atoms with Gasteiger partial charge in [0.15, 0.2) is 0 Å². The Balaban J connectivity index is 1.40. The Morgan fingerprint density at radius 1 is 1.05 bits per heavy atom. The van der Waals surface area contributed by atoms with Gasteiger partial charge in [-0.1, -0.05) is 48.6 Å². The van der Waals surface area contributed by atoms with E-state index in [0.717, 1.165) is 16.0 Å². The molecule has 7 nitrogen and oxygen atoms in total. The van der Waals surface area contributed by atoms with Gasteiger partial charge in [0.2, 0.25) is 11.8 Å². The van der Waals surface area contributed by atoms with Gasteiger partial charge in [-0.05, 0) is 43.5 Å². The van der Waals surface area contributed by atoms with E-state index in [0.29, 0.717) is 29.1 Å². The molecule has 0 radical (unpaired) electrons. The molecule has 0 fully saturated rings. The molecule has 3 atom stereocenters. The van der Waals surface area contributed by atoms with Gasteiger partial charge in [-0.15, -0.1) is 23.1 Å². The van der Waals surface area contributed by atoms with Crippen molar-refractivity contribution in [2.24, 2.45) is 11.8 Å². The van der Waals surface area contributed by atoms with E-state index in [9.17, 15) is 24.8 Å². The van der Waals surface area contributed by atoms with Crippen LogP contribution in [0.2, 0.25) is 0 Å². The van der Waals surface area contributed by atoms with Gasteiger partial charge in [0.05, 0.1) is 22.6 Å². The average Bonchev–Trinajstić information content (AvgIpc) is 3.31. The van der Waals surface area contributed by atoms with Gasteiger partial charge in [0.25, 0.3) is 0 Å². The number of carboxylic acid groups (broad SMARTS) is 1. The molecular weight excluding hydrogens is 506 g/mol. The van der Waals surface area contributed by atoms with E-state index in [1.165, 1.54) is 23.1 Å². The first-order valence-electron chi connectivity index (χ1n) is 11.7. The summed E-state index contributed by atoms with van der Waals surface area (Å²) < 4.78 is 0. The number of benzene rings is 2. The minimum Gasteiger partial charge on any atom is -0.481 e. The summed E-state index contributed by atoms with van der Waals surface area (Å²) in [5.41, 5.74) is 2.67. The Morgan fingerprint density at radius 2 is 1.78 bits per heavy atom. The second-order valence-corrected chi connectivity index (χ2v) is 10.9. The highest BCUT2D eigenvalue weighted by molar-refractivity contribution is 8.00. The van der Waals surface area contributed by atoms with Crippen molar-refractivity contribution in [2.75, 3.05) is 10.6 Å².